The van der Waals surface area contributed by atoms with Gasteiger partial charge in [0.15, 0.2) is 0 Å². The van der Waals surface area contributed by atoms with E-state index in [1.54, 1.807) is 0 Å². The normalized spacial score (nSPS) is 17.8. The summed E-state index contributed by atoms with van der Waals surface area (Å²) in [5, 5.41) is 6.33. The molecule has 5 heteroatoms. The number of hydrogen-bond acceptors (Lipinski definition) is 3. The van der Waals surface area contributed by atoms with Crippen molar-refractivity contribution in [1.82, 2.24) is 15.3 Å². The molecule has 1 aliphatic rings. The quantitative estimate of drug-likeness (QED) is 0.809. The molecule has 3 N–H and O–H groups in total. The molecule has 2 aromatic rings. The second-order valence-electron chi connectivity index (χ2n) is 5.84. The molecule has 1 saturated heterocycles. The molecule has 0 atom stereocenters. The van der Waals surface area contributed by atoms with Crippen molar-refractivity contribution in [2.24, 2.45) is 5.41 Å². The molecule has 1 aromatic heterocycles. The summed E-state index contributed by atoms with van der Waals surface area (Å²) in [4.78, 5) is 20.4. The monoisotopic (exact) mass is 286 g/mol. The highest BCUT2D eigenvalue weighted by molar-refractivity contribution is 5.95. The van der Waals surface area contributed by atoms with Crippen LogP contribution in [0.4, 0.5) is 5.95 Å². The number of carbonyl (C=O) groups is 1. The number of anilines is 1. The van der Waals surface area contributed by atoms with E-state index in [1.165, 1.54) is 0 Å². The van der Waals surface area contributed by atoms with Crippen LogP contribution in [0.5, 0.6) is 0 Å². The Morgan fingerprint density at radius 1 is 1.33 bits per heavy atom. The summed E-state index contributed by atoms with van der Waals surface area (Å²) in [5.41, 5.74) is 1.57. The minimum absolute atomic E-state index is 0.102. The summed E-state index contributed by atoms with van der Waals surface area (Å²) in [6, 6.07) is 7.80. The maximum atomic E-state index is 12.8. The Morgan fingerprint density at radius 2 is 2.10 bits per heavy atom. The minimum atomic E-state index is -0.251. The summed E-state index contributed by atoms with van der Waals surface area (Å²) >= 11 is 0. The fourth-order valence-corrected chi connectivity index (χ4v) is 3.23. The molecule has 0 aliphatic carbocycles. The first kappa shape index (κ1) is 14.1. The summed E-state index contributed by atoms with van der Waals surface area (Å²) < 4.78 is 0. The number of amides is 1. The van der Waals surface area contributed by atoms with Gasteiger partial charge in [-0.15, -0.1) is 0 Å². The van der Waals surface area contributed by atoms with E-state index in [1.807, 2.05) is 24.3 Å². The van der Waals surface area contributed by atoms with E-state index in [4.69, 9.17) is 0 Å². The number of rotatable bonds is 4. The van der Waals surface area contributed by atoms with Crippen molar-refractivity contribution in [3.63, 3.8) is 0 Å². The minimum Gasteiger partial charge on any atom is -0.324 e. The Bertz CT molecular complexity index is 589. The van der Waals surface area contributed by atoms with E-state index < -0.39 is 0 Å². The van der Waals surface area contributed by atoms with Crippen LogP contribution >= 0.6 is 0 Å². The standard InChI is InChI=1S/C16H22N4O/c1-2-7-16(8-10-17-11-9-16)14(21)20-15-18-12-5-3-4-6-13(12)19-15/h3-6,17H,2,7-11H2,1H3,(H2,18,19,20,21). The first-order valence-corrected chi connectivity index (χ1v) is 7.70. The predicted molar refractivity (Wildman–Crippen MR) is 84.2 cm³/mol. The van der Waals surface area contributed by atoms with Gasteiger partial charge in [-0.25, -0.2) is 4.98 Å². The van der Waals surface area contributed by atoms with Crippen molar-refractivity contribution in [2.75, 3.05) is 18.4 Å². The van der Waals surface area contributed by atoms with Gasteiger partial charge in [0.25, 0.3) is 0 Å². The third-order valence-electron chi connectivity index (χ3n) is 4.39. The zero-order chi connectivity index (χ0) is 14.7. The molecule has 21 heavy (non-hydrogen) atoms. The smallest absolute Gasteiger partial charge is 0.232 e. The van der Waals surface area contributed by atoms with Crippen LogP contribution in [0.2, 0.25) is 0 Å². The number of piperidine rings is 1. The summed E-state index contributed by atoms with van der Waals surface area (Å²) in [6.45, 7) is 3.96. The fourth-order valence-electron chi connectivity index (χ4n) is 3.23. The largest absolute Gasteiger partial charge is 0.324 e. The molecule has 0 radical (unpaired) electrons. The lowest BCUT2D eigenvalue weighted by atomic mass is 9.74. The molecule has 2 heterocycles. The fraction of sp³-hybridized carbons (Fsp3) is 0.500. The lowest BCUT2D eigenvalue weighted by molar-refractivity contribution is -0.127. The highest BCUT2D eigenvalue weighted by Gasteiger charge is 2.38. The van der Waals surface area contributed by atoms with Crippen LogP contribution in [0.25, 0.3) is 11.0 Å². The zero-order valence-corrected chi connectivity index (χ0v) is 12.4. The number of hydrogen-bond donors (Lipinski definition) is 3. The van der Waals surface area contributed by atoms with Crippen LogP contribution in [-0.2, 0) is 4.79 Å². The molecule has 0 unspecified atom stereocenters. The van der Waals surface area contributed by atoms with E-state index in [2.05, 4.69) is 27.5 Å². The first-order valence-electron chi connectivity index (χ1n) is 7.70. The molecule has 1 fully saturated rings. The van der Waals surface area contributed by atoms with Gasteiger partial charge < -0.3 is 10.3 Å². The summed E-state index contributed by atoms with van der Waals surface area (Å²) in [5.74, 6) is 0.653. The third kappa shape index (κ3) is 2.78. The molecule has 0 spiro atoms. The van der Waals surface area contributed by atoms with Crippen molar-refractivity contribution < 1.29 is 4.79 Å². The summed E-state index contributed by atoms with van der Waals surface area (Å²) in [7, 11) is 0. The number of imidazole rings is 1. The Morgan fingerprint density at radius 3 is 2.81 bits per heavy atom. The van der Waals surface area contributed by atoms with Gasteiger partial charge in [0, 0.05) is 0 Å². The van der Waals surface area contributed by atoms with E-state index in [0.29, 0.717) is 5.95 Å². The predicted octanol–water partition coefficient (Wildman–Crippen LogP) is 2.67. The van der Waals surface area contributed by atoms with Crippen molar-refractivity contribution in [2.45, 2.75) is 32.6 Å². The molecule has 0 saturated carbocycles. The molecule has 3 rings (SSSR count). The molecule has 112 valence electrons. The van der Waals surface area contributed by atoms with Crippen LogP contribution in [0.3, 0.4) is 0 Å². The van der Waals surface area contributed by atoms with Gasteiger partial charge in [-0.05, 0) is 44.5 Å². The molecule has 0 bridgehead atoms. The second-order valence-corrected chi connectivity index (χ2v) is 5.84. The van der Waals surface area contributed by atoms with Crippen molar-refractivity contribution in [3.05, 3.63) is 24.3 Å². The van der Waals surface area contributed by atoms with Gasteiger partial charge in [0.05, 0.1) is 16.4 Å². The van der Waals surface area contributed by atoms with E-state index in [-0.39, 0.29) is 11.3 Å². The van der Waals surface area contributed by atoms with Gasteiger partial charge in [-0.1, -0.05) is 25.5 Å². The van der Waals surface area contributed by atoms with Gasteiger partial charge in [-0.3, -0.25) is 10.1 Å². The summed E-state index contributed by atoms with van der Waals surface area (Å²) in [6.07, 6.45) is 3.74. The SMILES string of the molecule is CCCC1(C(=O)Nc2nc3ccccc3[nH]2)CCNCC1. The van der Waals surface area contributed by atoms with E-state index in [9.17, 15) is 4.79 Å². The number of H-pyrrole nitrogens is 1. The Labute approximate surface area is 124 Å². The van der Waals surface area contributed by atoms with E-state index in [0.717, 1.165) is 49.8 Å². The lowest BCUT2D eigenvalue weighted by Crippen LogP contribution is -2.45. The second kappa shape index (κ2) is 5.85. The lowest BCUT2D eigenvalue weighted by Gasteiger charge is -2.35. The number of benzene rings is 1. The molecule has 1 aliphatic heterocycles. The van der Waals surface area contributed by atoms with Crippen molar-refractivity contribution in [1.29, 1.82) is 0 Å². The Balaban J connectivity index is 1.80. The number of aromatic nitrogens is 2. The third-order valence-corrected chi connectivity index (χ3v) is 4.39. The van der Waals surface area contributed by atoms with Crippen LogP contribution in [0, 0.1) is 5.41 Å². The topological polar surface area (TPSA) is 69.8 Å². The van der Waals surface area contributed by atoms with Crippen LogP contribution < -0.4 is 10.6 Å². The Hall–Kier alpha value is -1.88. The van der Waals surface area contributed by atoms with Crippen molar-refractivity contribution in [3.8, 4) is 0 Å². The van der Waals surface area contributed by atoms with Crippen LogP contribution in [-0.4, -0.2) is 29.0 Å². The molecule has 1 aromatic carbocycles. The number of aromatic amines is 1. The highest BCUT2D eigenvalue weighted by atomic mass is 16.2. The number of carbonyl (C=O) groups excluding carboxylic acids is 1. The number of fused-ring (bicyclic) bond motifs is 1. The van der Waals surface area contributed by atoms with E-state index >= 15 is 0 Å². The average Bonchev–Trinajstić information content (AvgIpc) is 2.90. The maximum Gasteiger partial charge on any atom is 0.232 e. The molecular formula is C16H22N4O. The zero-order valence-electron chi connectivity index (χ0n) is 12.4. The maximum absolute atomic E-state index is 12.8. The van der Waals surface area contributed by atoms with Crippen molar-refractivity contribution >= 4 is 22.9 Å². The van der Waals surface area contributed by atoms with Gasteiger partial charge in [0.2, 0.25) is 11.9 Å². The molecular weight excluding hydrogens is 264 g/mol. The number of para-hydroxylation sites is 2. The number of nitrogens with one attached hydrogen (secondary N) is 3. The molecule has 5 nitrogen and oxygen atoms in total. The first-order chi connectivity index (χ1) is 10.2. The van der Waals surface area contributed by atoms with Gasteiger partial charge in [-0.2, -0.15) is 0 Å². The Kier molecular flexibility index (Phi) is 3.92. The average molecular weight is 286 g/mol. The highest BCUT2D eigenvalue weighted by Crippen LogP contribution is 2.35. The number of nitrogens with zero attached hydrogens (tertiary/aromatic N) is 1. The molecule has 1 amide bonds. The van der Waals surface area contributed by atoms with Crippen LogP contribution in [0.1, 0.15) is 32.6 Å². The van der Waals surface area contributed by atoms with Gasteiger partial charge in [0.1, 0.15) is 0 Å². The van der Waals surface area contributed by atoms with Gasteiger partial charge >= 0.3 is 0 Å². The van der Waals surface area contributed by atoms with Crippen LogP contribution in [0.15, 0.2) is 24.3 Å².